The molecule has 3 N–H and O–H groups in total. The predicted molar refractivity (Wildman–Crippen MR) is 72.0 cm³/mol. The van der Waals surface area contributed by atoms with Crippen LogP contribution in [-0.4, -0.2) is 18.3 Å². The van der Waals surface area contributed by atoms with Crippen molar-refractivity contribution in [3.63, 3.8) is 0 Å². The van der Waals surface area contributed by atoms with E-state index in [-0.39, 0.29) is 0 Å². The van der Waals surface area contributed by atoms with Gasteiger partial charge < -0.3 is 11.1 Å². The van der Waals surface area contributed by atoms with Gasteiger partial charge in [-0.2, -0.15) is 0 Å². The first-order valence-corrected chi connectivity index (χ1v) is 6.96. The third-order valence-electron chi connectivity index (χ3n) is 3.10. The number of aryl methyl sites for hydroxylation is 1. The lowest BCUT2D eigenvalue weighted by atomic mass is 10.1. The lowest BCUT2D eigenvalue weighted by molar-refractivity contribution is 0.430. The van der Waals surface area contributed by atoms with Gasteiger partial charge in [-0.15, -0.1) is 11.8 Å². The largest absolute Gasteiger partial charge is 0.399 e. The minimum absolute atomic E-state index is 0.691. The molecule has 16 heavy (non-hydrogen) atoms. The number of nitrogens with two attached hydrogens (primary N) is 1. The fraction of sp³-hybridized carbons (Fsp3) is 0.538. The molecule has 88 valence electrons. The Hall–Kier alpha value is -0.670. The van der Waals surface area contributed by atoms with Crippen molar-refractivity contribution in [1.29, 1.82) is 0 Å². The van der Waals surface area contributed by atoms with Crippen LogP contribution >= 0.6 is 11.8 Å². The summed E-state index contributed by atoms with van der Waals surface area (Å²) < 4.78 is 0. The lowest BCUT2D eigenvalue weighted by Crippen LogP contribution is -2.35. The number of hydrogen-bond donors (Lipinski definition) is 2. The number of piperidine rings is 1. The smallest absolute Gasteiger partial charge is 0.0344 e. The van der Waals surface area contributed by atoms with Gasteiger partial charge in [0.2, 0.25) is 0 Å². The molecule has 1 aromatic rings. The molecule has 1 atom stereocenters. The second kappa shape index (κ2) is 5.60. The molecule has 0 saturated carbocycles. The monoisotopic (exact) mass is 236 g/mol. The molecular weight excluding hydrogens is 216 g/mol. The molecule has 1 aromatic carbocycles. The Labute approximate surface area is 102 Å². The molecule has 1 aliphatic rings. The summed E-state index contributed by atoms with van der Waals surface area (Å²) in [7, 11) is 0. The maximum absolute atomic E-state index is 5.81. The van der Waals surface area contributed by atoms with Crippen LogP contribution in [0.5, 0.6) is 0 Å². The first-order valence-electron chi connectivity index (χ1n) is 5.98. The topological polar surface area (TPSA) is 38.0 Å². The van der Waals surface area contributed by atoms with Gasteiger partial charge in [0.15, 0.2) is 0 Å². The van der Waals surface area contributed by atoms with Crippen molar-refractivity contribution in [2.45, 2.75) is 37.1 Å². The highest BCUT2D eigenvalue weighted by Gasteiger charge is 2.12. The van der Waals surface area contributed by atoms with E-state index in [1.54, 1.807) is 0 Å². The maximum Gasteiger partial charge on any atom is 0.0344 e. The van der Waals surface area contributed by atoms with E-state index in [1.165, 1.54) is 42.0 Å². The van der Waals surface area contributed by atoms with Gasteiger partial charge in [0.05, 0.1) is 0 Å². The summed E-state index contributed by atoms with van der Waals surface area (Å²) >= 11 is 1.93. The normalized spacial score (nSPS) is 20.9. The Kier molecular flexibility index (Phi) is 4.13. The molecule has 1 aliphatic heterocycles. The van der Waals surface area contributed by atoms with Crippen LogP contribution in [-0.2, 0) is 0 Å². The summed E-state index contributed by atoms with van der Waals surface area (Å²) in [5.74, 6) is 1.17. The molecule has 0 amide bonds. The van der Waals surface area contributed by atoms with Crippen molar-refractivity contribution in [2.24, 2.45) is 0 Å². The van der Waals surface area contributed by atoms with Crippen LogP contribution in [0.3, 0.4) is 0 Å². The Bertz CT molecular complexity index is 346. The summed E-state index contributed by atoms with van der Waals surface area (Å²) in [4.78, 5) is 1.33. The molecular formula is C13H20N2S. The van der Waals surface area contributed by atoms with E-state index in [4.69, 9.17) is 5.73 Å². The summed E-state index contributed by atoms with van der Waals surface area (Å²) in [6.45, 7) is 3.25. The van der Waals surface area contributed by atoms with Gasteiger partial charge >= 0.3 is 0 Å². The van der Waals surface area contributed by atoms with Crippen molar-refractivity contribution in [2.75, 3.05) is 18.0 Å². The molecule has 0 aromatic heterocycles. The number of nitrogens with one attached hydrogen (secondary N) is 1. The van der Waals surface area contributed by atoms with E-state index in [9.17, 15) is 0 Å². The third kappa shape index (κ3) is 3.16. The molecule has 0 aliphatic carbocycles. The van der Waals surface area contributed by atoms with Crippen LogP contribution in [0, 0.1) is 6.92 Å². The second-order valence-electron chi connectivity index (χ2n) is 4.48. The molecule has 2 rings (SSSR count). The van der Waals surface area contributed by atoms with Gasteiger partial charge in [-0.05, 0) is 50.1 Å². The number of rotatable bonds is 3. The minimum Gasteiger partial charge on any atom is -0.399 e. The van der Waals surface area contributed by atoms with Gasteiger partial charge in [-0.25, -0.2) is 0 Å². The zero-order valence-corrected chi connectivity index (χ0v) is 10.6. The summed E-state index contributed by atoms with van der Waals surface area (Å²) in [6, 6.07) is 7.00. The highest BCUT2D eigenvalue weighted by Crippen LogP contribution is 2.24. The molecule has 1 fully saturated rings. The molecule has 0 spiro atoms. The molecule has 1 unspecified atom stereocenters. The number of benzene rings is 1. The average Bonchev–Trinajstić information content (AvgIpc) is 2.32. The SMILES string of the molecule is Cc1cc(SCC2CCCCN2)ccc1N. The van der Waals surface area contributed by atoms with Gasteiger partial charge in [-0.3, -0.25) is 0 Å². The van der Waals surface area contributed by atoms with Crippen LogP contribution in [0.1, 0.15) is 24.8 Å². The average molecular weight is 236 g/mol. The van der Waals surface area contributed by atoms with Crippen LogP contribution in [0.4, 0.5) is 5.69 Å². The summed E-state index contributed by atoms with van der Waals surface area (Å²) in [5, 5.41) is 3.57. The van der Waals surface area contributed by atoms with Gasteiger partial charge in [0.1, 0.15) is 0 Å². The zero-order chi connectivity index (χ0) is 11.4. The van der Waals surface area contributed by atoms with Crippen molar-refractivity contribution < 1.29 is 0 Å². The molecule has 3 heteroatoms. The van der Waals surface area contributed by atoms with E-state index in [1.807, 2.05) is 17.8 Å². The highest BCUT2D eigenvalue weighted by atomic mass is 32.2. The standard InChI is InChI=1S/C13H20N2S/c1-10-8-12(5-6-13(10)14)16-9-11-4-2-3-7-15-11/h5-6,8,11,15H,2-4,7,9,14H2,1H3. The van der Waals surface area contributed by atoms with Crippen molar-refractivity contribution in [3.8, 4) is 0 Å². The van der Waals surface area contributed by atoms with Crippen molar-refractivity contribution in [1.82, 2.24) is 5.32 Å². The number of nitrogen functional groups attached to an aromatic ring is 1. The molecule has 2 nitrogen and oxygen atoms in total. The van der Waals surface area contributed by atoms with Crippen molar-refractivity contribution >= 4 is 17.4 Å². The lowest BCUT2D eigenvalue weighted by Gasteiger charge is -2.23. The summed E-state index contributed by atoms with van der Waals surface area (Å²) in [5.41, 5.74) is 7.88. The van der Waals surface area contributed by atoms with E-state index in [0.29, 0.717) is 6.04 Å². The Morgan fingerprint density at radius 3 is 3.00 bits per heavy atom. The summed E-state index contributed by atoms with van der Waals surface area (Å²) in [6.07, 6.45) is 4.03. The first-order chi connectivity index (χ1) is 7.75. The van der Waals surface area contributed by atoms with Crippen LogP contribution in [0.25, 0.3) is 0 Å². The van der Waals surface area contributed by atoms with Gasteiger partial charge in [-0.1, -0.05) is 6.42 Å². The Morgan fingerprint density at radius 2 is 2.31 bits per heavy atom. The van der Waals surface area contributed by atoms with Crippen molar-refractivity contribution in [3.05, 3.63) is 23.8 Å². The quantitative estimate of drug-likeness (QED) is 0.626. The van der Waals surface area contributed by atoms with E-state index in [0.717, 1.165) is 5.69 Å². The maximum atomic E-state index is 5.81. The number of hydrogen-bond acceptors (Lipinski definition) is 3. The second-order valence-corrected chi connectivity index (χ2v) is 5.57. The molecule has 0 bridgehead atoms. The van der Waals surface area contributed by atoms with E-state index in [2.05, 4.69) is 24.4 Å². The van der Waals surface area contributed by atoms with Gasteiger partial charge in [0, 0.05) is 22.4 Å². The van der Waals surface area contributed by atoms with Crippen LogP contribution < -0.4 is 11.1 Å². The molecule has 0 radical (unpaired) electrons. The number of anilines is 1. The van der Waals surface area contributed by atoms with E-state index >= 15 is 0 Å². The minimum atomic E-state index is 0.691. The molecule has 1 heterocycles. The predicted octanol–water partition coefficient (Wildman–Crippen LogP) is 2.81. The highest BCUT2D eigenvalue weighted by molar-refractivity contribution is 7.99. The number of thioether (sulfide) groups is 1. The third-order valence-corrected chi connectivity index (χ3v) is 4.26. The van der Waals surface area contributed by atoms with E-state index < -0.39 is 0 Å². The Balaban J connectivity index is 1.86. The van der Waals surface area contributed by atoms with Gasteiger partial charge in [0.25, 0.3) is 0 Å². The zero-order valence-electron chi connectivity index (χ0n) is 9.83. The fourth-order valence-corrected chi connectivity index (χ4v) is 3.10. The van der Waals surface area contributed by atoms with Crippen LogP contribution in [0.15, 0.2) is 23.1 Å². The Morgan fingerprint density at radius 1 is 1.44 bits per heavy atom. The fourth-order valence-electron chi connectivity index (χ4n) is 2.00. The molecule has 1 saturated heterocycles. The van der Waals surface area contributed by atoms with Crippen LogP contribution in [0.2, 0.25) is 0 Å². The first kappa shape index (κ1) is 11.8.